The minimum Gasteiger partial charge on any atom is -0.345 e. The van der Waals surface area contributed by atoms with Crippen molar-refractivity contribution in [1.82, 2.24) is 9.88 Å². The van der Waals surface area contributed by atoms with Crippen molar-refractivity contribution < 1.29 is 18.1 Å². The number of alkyl halides is 3. The lowest BCUT2D eigenvalue weighted by Crippen LogP contribution is -2.48. The average molecular weight is 476 g/mol. The Morgan fingerprint density at radius 2 is 1.73 bits per heavy atom. The summed E-state index contributed by atoms with van der Waals surface area (Å²) in [4.78, 5) is 31.5. The van der Waals surface area contributed by atoms with Gasteiger partial charge in [-0.05, 0) is 24.2 Å². The molecule has 1 saturated carbocycles. The first kappa shape index (κ1) is 24.0. The monoisotopic (exact) mass is 476 g/mol. The predicted octanol–water partition coefficient (Wildman–Crippen LogP) is 1.87. The van der Waals surface area contributed by atoms with E-state index in [9.17, 15) is 28.1 Å². The van der Waals surface area contributed by atoms with Crippen LogP contribution in [0.4, 0.5) is 24.0 Å². The topological polar surface area (TPSA) is 79.6 Å². The van der Waals surface area contributed by atoms with Gasteiger partial charge in [0, 0.05) is 38.3 Å². The summed E-state index contributed by atoms with van der Waals surface area (Å²) in [7, 11) is 11.2. The van der Waals surface area contributed by atoms with E-state index in [1.807, 2.05) is 4.90 Å². The standard InChI is InChI=1S/C20H21B2F3N4O3S/c21-14-12-17(16(29(31)32)15(22)13(14)20(23,24)25)33-19(26-18(12)30)28-8-6-27(7-9-28)10-11-4-2-1-3-5-11/h11H,1-10H2. The van der Waals surface area contributed by atoms with Gasteiger partial charge in [0.15, 0.2) is 5.13 Å². The van der Waals surface area contributed by atoms with Crippen molar-refractivity contribution in [2.24, 2.45) is 5.92 Å². The Bertz CT molecular complexity index is 1130. The molecule has 4 rings (SSSR count). The molecule has 33 heavy (non-hydrogen) atoms. The summed E-state index contributed by atoms with van der Waals surface area (Å²) in [6.07, 6.45) is 1.24. The number of benzene rings is 1. The molecule has 0 amide bonds. The van der Waals surface area contributed by atoms with E-state index in [1.165, 1.54) is 32.1 Å². The second kappa shape index (κ2) is 9.25. The van der Waals surface area contributed by atoms with Crippen molar-refractivity contribution in [2.75, 3.05) is 37.6 Å². The molecule has 2 aliphatic rings. The maximum atomic E-state index is 13.5. The van der Waals surface area contributed by atoms with Gasteiger partial charge in [-0.2, -0.15) is 18.2 Å². The number of aromatic nitrogens is 1. The van der Waals surface area contributed by atoms with Crippen LogP contribution in [0.1, 0.15) is 37.7 Å². The van der Waals surface area contributed by atoms with Crippen LogP contribution in [0.3, 0.4) is 0 Å². The quantitative estimate of drug-likeness (QED) is 0.381. The largest absolute Gasteiger partial charge is 0.415 e. The first-order valence-electron chi connectivity index (χ1n) is 10.8. The maximum absolute atomic E-state index is 13.5. The molecule has 1 aliphatic heterocycles. The molecular weight excluding hydrogens is 455 g/mol. The van der Waals surface area contributed by atoms with Crippen LogP contribution in [0.5, 0.6) is 0 Å². The molecule has 0 unspecified atom stereocenters. The van der Waals surface area contributed by atoms with Gasteiger partial charge in [0.25, 0.3) is 11.2 Å². The number of rotatable bonds is 4. The van der Waals surface area contributed by atoms with Crippen LogP contribution in [0.15, 0.2) is 4.79 Å². The van der Waals surface area contributed by atoms with Crippen LogP contribution in [0.2, 0.25) is 0 Å². The highest BCUT2D eigenvalue weighted by molar-refractivity contribution is 7.22. The molecule has 1 saturated heterocycles. The first-order chi connectivity index (χ1) is 15.6. The number of hydrogen-bond donors (Lipinski definition) is 0. The zero-order valence-corrected chi connectivity index (χ0v) is 18.7. The molecule has 1 aromatic heterocycles. The molecule has 2 aromatic rings. The number of nitro groups is 1. The zero-order valence-electron chi connectivity index (χ0n) is 17.9. The van der Waals surface area contributed by atoms with Gasteiger partial charge in [-0.3, -0.25) is 19.8 Å². The third kappa shape index (κ3) is 4.75. The predicted molar refractivity (Wildman–Crippen MR) is 124 cm³/mol. The third-order valence-electron chi connectivity index (χ3n) is 6.46. The Morgan fingerprint density at radius 3 is 2.30 bits per heavy atom. The minimum absolute atomic E-state index is 0.214. The van der Waals surface area contributed by atoms with Gasteiger partial charge in [-0.15, -0.1) is 0 Å². The van der Waals surface area contributed by atoms with E-state index in [4.69, 9.17) is 15.7 Å². The van der Waals surface area contributed by atoms with Gasteiger partial charge in [0.2, 0.25) is 0 Å². The normalized spacial score (nSPS) is 18.7. The maximum Gasteiger partial charge on any atom is 0.415 e. The number of halogens is 3. The second-order valence-corrected chi connectivity index (χ2v) is 9.58. The Balaban J connectivity index is 1.66. The Labute approximate surface area is 194 Å². The lowest BCUT2D eigenvalue weighted by molar-refractivity contribution is -0.381. The van der Waals surface area contributed by atoms with Crippen molar-refractivity contribution in [1.29, 1.82) is 0 Å². The van der Waals surface area contributed by atoms with Crippen LogP contribution in [0.25, 0.3) is 10.1 Å². The Kier molecular flexibility index (Phi) is 6.73. The van der Waals surface area contributed by atoms with E-state index >= 15 is 0 Å². The minimum atomic E-state index is -5.06. The highest BCUT2D eigenvalue weighted by atomic mass is 32.1. The summed E-state index contributed by atoms with van der Waals surface area (Å²) in [5.41, 5.74) is -5.60. The first-order valence-corrected chi connectivity index (χ1v) is 11.6. The van der Waals surface area contributed by atoms with E-state index in [0.29, 0.717) is 19.0 Å². The van der Waals surface area contributed by atoms with Gasteiger partial charge in [-0.25, -0.2) is 0 Å². The molecule has 0 bridgehead atoms. The summed E-state index contributed by atoms with van der Waals surface area (Å²) in [5.74, 6) is 0.691. The smallest absolute Gasteiger partial charge is 0.345 e. The van der Waals surface area contributed by atoms with E-state index in [-0.39, 0.29) is 9.83 Å². The summed E-state index contributed by atoms with van der Waals surface area (Å²) >= 11 is 0.774. The van der Waals surface area contributed by atoms with Gasteiger partial charge < -0.3 is 4.90 Å². The fourth-order valence-electron chi connectivity index (χ4n) is 4.80. The van der Waals surface area contributed by atoms with Crippen molar-refractivity contribution in [3.8, 4) is 0 Å². The van der Waals surface area contributed by atoms with Gasteiger partial charge in [0.05, 0.1) is 10.3 Å². The molecule has 0 N–H and O–H groups in total. The van der Waals surface area contributed by atoms with Crippen LogP contribution < -0.4 is 21.4 Å². The number of piperazine rings is 1. The summed E-state index contributed by atoms with van der Waals surface area (Å²) in [6.45, 7) is 3.63. The molecule has 0 atom stereocenters. The molecular formula is C20H21B2F3N4O3S. The van der Waals surface area contributed by atoms with Crippen molar-refractivity contribution in [3.63, 3.8) is 0 Å². The molecule has 0 spiro atoms. The van der Waals surface area contributed by atoms with E-state index in [2.05, 4.69) is 9.88 Å². The van der Waals surface area contributed by atoms with Gasteiger partial charge in [-0.1, -0.05) is 36.1 Å². The van der Waals surface area contributed by atoms with Gasteiger partial charge >= 0.3 is 6.18 Å². The average Bonchev–Trinajstić information content (AvgIpc) is 2.73. The molecule has 13 heteroatoms. The molecule has 2 fully saturated rings. The van der Waals surface area contributed by atoms with Crippen molar-refractivity contribution in [2.45, 2.75) is 38.3 Å². The summed E-state index contributed by atoms with van der Waals surface area (Å²) < 4.78 is 40.1. The molecule has 1 aromatic carbocycles. The molecule has 2 heterocycles. The highest BCUT2D eigenvalue weighted by Crippen LogP contribution is 2.35. The lowest BCUT2D eigenvalue weighted by atomic mass is 9.77. The number of nitrogens with zero attached hydrogens (tertiary/aromatic N) is 4. The fourth-order valence-corrected chi connectivity index (χ4v) is 6.00. The third-order valence-corrected chi connectivity index (χ3v) is 7.59. The molecule has 7 nitrogen and oxygen atoms in total. The molecule has 4 radical (unpaired) electrons. The van der Waals surface area contributed by atoms with Crippen LogP contribution in [0, 0.1) is 16.0 Å². The summed E-state index contributed by atoms with van der Waals surface area (Å²) in [5, 5.41) is 11.2. The van der Waals surface area contributed by atoms with Crippen LogP contribution in [-0.4, -0.2) is 63.2 Å². The Morgan fingerprint density at radius 1 is 1.09 bits per heavy atom. The van der Waals surface area contributed by atoms with Gasteiger partial charge in [0.1, 0.15) is 20.4 Å². The summed E-state index contributed by atoms with van der Waals surface area (Å²) in [6, 6.07) is 0. The highest BCUT2D eigenvalue weighted by Gasteiger charge is 2.39. The molecule has 1 aliphatic carbocycles. The number of anilines is 1. The van der Waals surface area contributed by atoms with E-state index in [0.717, 1.165) is 31.0 Å². The SMILES string of the molecule is [B]c1c(C(F)(F)F)c([B])c2c(=O)nc(N3CCN(CC4CCCCC4)CC3)sc2c1[N+](=O)[O-]. The second-order valence-electron chi connectivity index (χ2n) is 8.60. The lowest BCUT2D eigenvalue weighted by Gasteiger charge is -2.37. The van der Waals surface area contributed by atoms with E-state index in [1.54, 1.807) is 0 Å². The number of nitro benzene ring substituents is 1. The Hall–Kier alpha value is -2.14. The van der Waals surface area contributed by atoms with Crippen molar-refractivity contribution in [3.05, 3.63) is 26.0 Å². The molecule has 172 valence electrons. The van der Waals surface area contributed by atoms with Crippen LogP contribution >= 0.6 is 11.3 Å². The fraction of sp³-hybridized carbons (Fsp3) is 0.600. The van der Waals surface area contributed by atoms with Crippen molar-refractivity contribution >= 4 is 58.9 Å². The van der Waals surface area contributed by atoms with Crippen LogP contribution in [-0.2, 0) is 6.18 Å². The number of fused-ring (bicyclic) bond motifs is 1. The zero-order chi connectivity index (χ0) is 23.9. The number of hydrogen-bond acceptors (Lipinski definition) is 7. The van der Waals surface area contributed by atoms with E-state index < -0.39 is 44.2 Å².